The van der Waals surface area contributed by atoms with Gasteiger partial charge in [0.05, 0.1) is 31.0 Å². The largest absolute Gasteiger partial charge is 0.507 e. The molecule has 5 rings (SSSR count). The smallest absolute Gasteiger partial charge is 0.350 e. The van der Waals surface area contributed by atoms with E-state index < -0.39 is 23.7 Å². The van der Waals surface area contributed by atoms with Gasteiger partial charge in [-0.1, -0.05) is 59.3 Å². The van der Waals surface area contributed by atoms with Gasteiger partial charge < -0.3 is 19.3 Å². The first kappa shape index (κ1) is 29.8. The summed E-state index contributed by atoms with van der Waals surface area (Å²) in [6.45, 7) is 4.05. The molecule has 1 fully saturated rings. The van der Waals surface area contributed by atoms with Gasteiger partial charge in [-0.2, -0.15) is 0 Å². The summed E-state index contributed by atoms with van der Waals surface area (Å²) in [5, 5.41) is 11.9. The molecule has 220 valence electrons. The maximum atomic E-state index is 13.6. The highest BCUT2D eigenvalue weighted by molar-refractivity contribution is 7.17. The average molecular weight is 619 g/mol. The maximum Gasteiger partial charge on any atom is 0.350 e. The monoisotopic (exact) mass is 618 g/mol. The minimum atomic E-state index is -1.10. The number of aryl methyl sites for hydroxylation is 1. The van der Waals surface area contributed by atoms with Gasteiger partial charge in [0.25, 0.3) is 5.78 Å². The SMILES string of the molecule is CCOc1cc(C2C(=C(O)c3ccc(Cl)cc3)C(=O)C(=O)N2c2nc(C)c(C(=O)OC)s2)ccc1OCc1ccccc1. The second kappa shape index (κ2) is 12.7. The summed E-state index contributed by atoms with van der Waals surface area (Å²) in [5.74, 6) is -1.97. The Morgan fingerprint density at radius 1 is 1.02 bits per heavy atom. The van der Waals surface area contributed by atoms with Gasteiger partial charge >= 0.3 is 11.9 Å². The van der Waals surface area contributed by atoms with Crippen LogP contribution in [0.4, 0.5) is 5.13 Å². The minimum Gasteiger partial charge on any atom is -0.507 e. The number of aromatic nitrogens is 1. The zero-order chi connectivity index (χ0) is 30.7. The van der Waals surface area contributed by atoms with Gasteiger partial charge in [0.15, 0.2) is 16.6 Å². The van der Waals surface area contributed by atoms with E-state index in [-0.39, 0.29) is 21.3 Å². The van der Waals surface area contributed by atoms with Crippen molar-refractivity contribution in [1.82, 2.24) is 4.98 Å². The number of hydrogen-bond acceptors (Lipinski definition) is 9. The molecular formula is C32H27ClN2O7S. The number of hydrogen-bond donors (Lipinski definition) is 1. The Hall–Kier alpha value is -4.67. The van der Waals surface area contributed by atoms with Crippen LogP contribution in [-0.2, 0) is 20.9 Å². The number of carbonyl (C=O) groups excluding carboxylic acids is 3. The van der Waals surface area contributed by atoms with Crippen LogP contribution in [0.15, 0.2) is 78.4 Å². The molecular weight excluding hydrogens is 592 g/mol. The molecule has 9 nitrogen and oxygen atoms in total. The lowest BCUT2D eigenvalue weighted by molar-refractivity contribution is -0.132. The van der Waals surface area contributed by atoms with Crippen LogP contribution in [0.3, 0.4) is 0 Å². The van der Waals surface area contributed by atoms with Crippen molar-refractivity contribution < 1.29 is 33.7 Å². The lowest BCUT2D eigenvalue weighted by atomic mass is 9.95. The van der Waals surface area contributed by atoms with Gasteiger partial charge in [0, 0.05) is 10.6 Å². The Kier molecular flexibility index (Phi) is 8.79. The van der Waals surface area contributed by atoms with Crippen LogP contribution in [0.25, 0.3) is 5.76 Å². The van der Waals surface area contributed by atoms with E-state index in [2.05, 4.69) is 4.98 Å². The number of nitrogens with zero attached hydrogens (tertiary/aromatic N) is 2. The zero-order valence-corrected chi connectivity index (χ0v) is 25.1. The molecule has 1 aliphatic rings. The predicted molar refractivity (Wildman–Crippen MR) is 163 cm³/mol. The van der Waals surface area contributed by atoms with E-state index >= 15 is 0 Å². The van der Waals surface area contributed by atoms with Crippen molar-refractivity contribution in [2.75, 3.05) is 18.6 Å². The van der Waals surface area contributed by atoms with Gasteiger partial charge in [-0.05, 0) is 61.4 Å². The third-order valence-corrected chi connectivity index (χ3v) is 8.13. The Labute approximate surface area is 256 Å². The molecule has 3 aromatic carbocycles. The van der Waals surface area contributed by atoms with Crippen molar-refractivity contribution in [1.29, 1.82) is 0 Å². The van der Waals surface area contributed by atoms with E-state index in [1.165, 1.54) is 12.0 Å². The minimum absolute atomic E-state index is 0.0996. The quantitative estimate of drug-likeness (QED) is 0.0979. The fraction of sp³-hybridized carbons (Fsp3) is 0.188. The highest BCUT2D eigenvalue weighted by Gasteiger charge is 2.48. The molecule has 4 aromatic rings. The maximum absolute atomic E-state index is 13.6. The van der Waals surface area contributed by atoms with Gasteiger partial charge in [0.1, 0.15) is 17.2 Å². The van der Waals surface area contributed by atoms with Crippen molar-refractivity contribution in [3.05, 3.63) is 111 Å². The van der Waals surface area contributed by atoms with Gasteiger partial charge in [0.2, 0.25) is 0 Å². The number of benzene rings is 3. The third-order valence-electron chi connectivity index (χ3n) is 6.74. The van der Waals surface area contributed by atoms with Crippen molar-refractivity contribution in [3.63, 3.8) is 0 Å². The van der Waals surface area contributed by atoms with Crippen LogP contribution < -0.4 is 14.4 Å². The summed E-state index contributed by atoms with van der Waals surface area (Å²) in [6, 6.07) is 19.8. The summed E-state index contributed by atoms with van der Waals surface area (Å²) < 4.78 is 16.8. The number of halogens is 1. The first-order valence-corrected chi connectivity index (χ1v) is 14.5. The molecule has 0 saturated carbocycles. The lowest BCUT2D eigenvalue weighted by Gasteiger charge is -2.24. The van der Waals surface area contributed by atoms with Gasteiger partial charge in [-0.3, -0.25) is 14.5 Å². The van der Waals surface area contributed by atoms with Crippen molar-refractivity contribution in [2.45, 2.75) is 26.5 Å². The number of Topliss-reactive ketones (excluding diaryl/α,β-unsaturated/α-hetero) is 1. The fourth-order valence-corrected chi connectivity index (χ4v) is 5.83. The fourth-order valence-electron chi connectivity index (χ4n) is 4.69. The van der Waals surface area contributed by atoms with Crippen molar-refractivity contribution in [3.8, 4) is 11.5 Å². The molecule has 1 unspecified atom stereocenters. The van der Waals surface area contributed by atoms with Crippen molar-refractivity contribution >= 4 is 51.5 Å². The molecule has 1 saturated heterocycles. The summed E-state index contributed by atoms with van der Waals surface area (Å²) in [4.78, 5) is 45.3. The lowest BCUT2D eigenvalue weighted by Crippen LogP contribution is -2.29. The number of amides is 1. The van der Waals surface area contributed by atoms with E-state index in [0.29, 0.717) is 46.6 Å². The standard InChI is InChI=1S/C32H27ClN2O7S/c1-4-41-24-16-21(12-15-23(24)42-17-19-8-6-5-7-9-19)26-25(27(36)20-10-13-22(33)14-11-20)28(37)30(38)35(26)32-34-18(2)29(43-32)31(39)40-3/h5-16,26,36H,4,17H2,1-3H3. The number of methoxy groups -OCH3 is 1. The molecule has 0 bridgehead atoms. The summed E-state index contributed by atoms with van der Waals surface area (Å²) in [7, 11) is 1.25. The van der Waals surface area contributed by atoms with E-state index in [0.717, 1.165) is 16.9 Å². The summed E-state index contributed by atoms with van der Waals surface area (Å²) in [5.41, 5.74) is 1.90. The molecule has 1 N–H and O–H groups in total. The molecule has 0 radical (unpaired) electrons. The third kappa shape index (κ3) is 5.97. The number of carbonyl (C=O) groups is 3. The number of ketones is 1. The molecule has 1 atom stereocenters. The normalized spacial score (nSPS) is 15.9. The molecule has 43 heavy (non-hydrogen) atoms. The van der Waals surface area contributed by atoms with Crippen LogP contribution >= 0.6 is 22.9 Å². The first-order chi connectivity index (χ1) is 20.7. The summed E-state index contributed by atoms with van der Waals surface area (Å²) >= 11 is 6.96. The van der Waals surface area contributed by atoms with Crippen LogP contribution in [0.1, 0.15) is 45.0 Å². The molecule has 11 heteroatoms. The highest BCUT2D eigenvalue weighted by atomic mass is 35.5. The second-order valence-corrected chi connectivity index (χ2v) is 10.9. The van der Waals surface area contributed by atoms with Crippen LogP contribution in [0.2, 0.25) is 5.02 Å². The molecule has 1 aromatic heterocycles. The van der Waals surface area contributed by atoms with Crippen LogP contribution in [0, 0.1) is 6.92 Å². The van der Waals surface area contributed by atoms with Gasteiger partial charge in [-0.15, -0.1) is 0 Å². The number of thiazole rings is 1. The van der Waals surface area contributed by atoms with E-state index in [9.17, 15) is 19.5 Å². The Morgan fingerprint density at radius 2 is 1.74 bits per heavy atom. The van der Waals surface area contributed by atoms with Gasteiger partial charge in [-0.25, -0.2) is 9.78 Å². The Morgan fingerprint density at radius 3 is 2.42 bits per heavy atom. The van der Waals surface area contributed by atoms with E-state index in [4.69, 9.17) is 25.8 Å². The summed E-state index contributed by atoms with van der Waals surface area (Å²) in [6.07, 6.45) is 0. The van der Waals surface area contributed by atoms with E-state index in [1.54, 1.807) is 49.4 Å². The number of esters is 1. The molecule has 2 heterocycles. The Balaban J connectivity index is 1.65. The average Bonchev–Trinajstić information content (AvgIpc) is 3.52. The van der Waals surface area contributed by atoms with E-state index in [1.807, 2.05) is 37.3 Å². The molecule has 1 amide bonds. The molecule has 1 aliphatic heterocycles. The number of rotatable bonds is 9. The zero-order valence-electron chi connectivity index (χ0n) is 23.5. The van der Waals surface area contributed by atoms with Crippen molar-refractivity contribution in [2.24, 2.45) is 0 Å². The number of aliphatic hydroxyl groups excluding tert-OH is 1. The number of aliphatic hydroxyl groups is 1. The second-order valence-electron chi connectivity index (χ2n) is 9.49. The topological polar surface area (TPSA) is 115 Å². The molecule has 0 spiro atoms. The number of anilines is 1. The number of ether oxygens (including phenoxy) is 3. The predicted octanol–water partition coefficient (Wildman–Crippen LogP) is 6.50. The Bertz CT molecular complexity index is 1720. The van der Waals surface area contributed by atoms with Crippen LogP contribution in [-0.4, -0.2) is 41.5 Å². The first-order valence-electron chi connectivity index (χ1n) is 13.3. The molecule has 0 aliphatic carbocycles. The highest BCUT2D eigenvalue weighted by Crippen LogP contribution is 2.45. The van der Waals surface area contributed by atoms with Crippen LogP contribution in [0.5, 0.6) is 11.5 Å².